The number of hydrogen-bond donors (Lipinski definition) is 2. The Morgan fingerprint density at radius 1 is 1.09 bits per heavy atom. The number of H-pyrrole nitrogens is 2. The fourth-order valence-electron chi connectivity index (χ4n) is 3.21. The van der Waals surface area contributed by atoms with Crippen LogP contribution in [0.1, 0.15) is 0 Å². The van der Waals surface area contributed by atoms with Crippen molar-refractivity contribution in [1.82, 2.24) is 34.9 Å². The molecule has 0 bridgehead atoms. The molecule has 0 unspecified atom stereocenters. The Labute approximate surface area is 194 Å². The Morgan fingerprint density at radius 2 is 1.94 bits per heavy atom. The molecule has 0 aliphatic heterocycles. The summed E-state index contributed by atoms with van der Waals surface area (Å²) < 4.78 is 39.9. The number of aromatic amines is 2. The van der Waals surface area contributed by atoms with E-state index in [1.54, 1.807) is 24.3 Å². The van der Waals surface area contributed by atoms with Crippen LogP contribution in [0.25, 0.3) is 22.3 Å². The van der Waals surface area contributed by atoms with Crippen LogP contribution in [0.3, 0.4) is 0 Å². The predicted molar refractivity (Wildman–Crippen MR) is 117 cm³/mol. The number of nitrogens with zero attached hydrogens (tertiary/aromatic N) is 5. The van der Waals surface area contributed by atoms with Gasteiger partial charge in [0.1, 0.15) is 24.1 Å². The van der Waals surface area contributed by atoms with E-state index in [1.807, 2.05) is 0 Å². The lowest BCUT2D eigenvalue weighted by atomic mass is 10.1. The largest absolute Gasteiger partial charge is 0.475 e. The lowest BCUT2D eigenvalue weighted by Gasteiger charge is -2.10. The van der Waals surface area contributed by atoms with E-state index in [9.17, 15) is 13.6 Å². The van der Waals surface area contributed by atoms with Crippen LogP contribution in [0.5, 0.6) is 17.6 Å². The van der Waals surface area contributed by atoms with Crippen LogP contribution in [-0.4, -0.2) is 41.5 Å². The number of hydrogen-bond acceptors (Lipinski definition) is 7. The van der Waals surface area contributed by atoms with Crippen molar-refractivity contribution in [3.05, 3.63) is 75.9 Å². The molecule has 5 aromatic rings. The standard InChI is InChI=1S/C21H14ClF2N7O3/c22-13-4-2-1-3-12(13)17-16-18(29-28-17)26-20(34-15-6-5-11(23)9-14(15)24)27-19(16)33-8-7-31-10-25-30-21(31)32/h1-6,9-10H,7-8H2,(H,30,32)(H,26,27,28,29). The van der Waals surface area contributed by atoms with Gasteiger partial charge in [0.2, 0.25) is 5.88 Å². The van der Waals surface area contributed by atoms with Crippen molar-refractivity contribution in [3.8, 4) is 28.9 Å². The maximum Gasteiger partial charge on any atom is 0.343 e. The van der Waals surface area contributed by atoms with Crippen LogP contribution in [-0.2, 0) is 6.54 Å². The summed E-state index contributed by atoms with van der Waals surface area (Å²) in [7, 11) is 0. The molecule has 0 spiro atoms. The highest BCUT2D eigenvalue weighted by molar-refractivity contribution is 6.33. The number of benzene rings is 2. The van der Waals surface area contributed by atoms with E-state index in [0.29, 0.717) is 27.7 Å². The Balaban J connectivity index is 1.55. The van der Waals surface area contributed by atoms with Crippen molar-refractivity contribution >= 4 is 22.6 Å². The molecule has 0 fully saturated rings. The average molecular weight is 486 g/mol. The van der Waals surface area contributed by atoms with Gasteiger partial charge in [-0.1, -0.05) is 29.8 Å². The van der Waals surface area contributed by atoms with Gasteiger partial charge in [0.05, 0.1) is 12.2 Å². The second kappa shape index (κ2) is 8.90. The summed E-state index contributed by atoms with van der Waals surface area (Å²) in [6.45, 7) is 0.200. The fourth-order valence-corrected chi connectivity index (χ4v) is 3.44. The maximum atomic E-state index is 14.1. The molecule has 0 aliphatic rings. The normalized spacial score (nSPS) is 11.1. The van der Waals surface area contributed by atoms with Crippen LogP contribution in [0.2, 0.25) is 5.02 Å². The van der Waals surface area contributed by atoms with Gasteiger partial charge in [-0.15, -0.1) is 0 Å². The molecular weight excluding hydrogens is 472 g/mol. The summed E-state index contributed by atoms with van der Waals surface area (Å²) in [6, 6.07) is 9.64. The van der Waals surface area contributed by atoms with Gasteiger partial charge in [-0.3, -0.25) is 9.67 Å². The summed E-state index contributed by atoms with van der Waals surface area (Å²) in [5, 5.41) is 13.9. The number of ether oxygens (including phenoxy) is 2. The monoisotopic (exact) mass is 485 g/mol. The van der Waals surface area contributed by atoms with Crippen molar-refractivity contribution < 1.29 is 18.3 Å². The first-order valence-corrected chi connectivity index (χ1v) is 10.2. The summed E-state index contributed by atoms with van der Waals surface area (Å²) in [5.74, 6) is -1.90. The van der Waals surface area contributed by atoms with Crippen LogP contribution in [0.4, 0.5) is 8.78 Å². The summed E-state index contributed by atoms with van der Waals surface area (Å²) in [6.07, 6.45) is 1.33. The van der Waals surface area contributed by atoms with Crippen LogP contribution in [0, 0.1) is 11.6 Å². The first-order chi connectivity index (χ1) is 16.5. The third kappa shape index (κ3) is 4.18. The molecule has 172 valence electrons. The number of aromatic nitrogens is 7. The van der Waals surface area contributed by atoms with Crippen LogP contribution in [0.15, 0.2) is 53.6 Å². The quantitative estimate of drug-likeness (QED) is 0.360. The van der Waals surface area contributed by atoms with Crippen molar-refractivity contribution in [2.24, 2.45) is 0 Å². The predicted octanol–water partition coefficient (Wildman–Crippen LogP) is 3.71. The maximum absolute atomic E-state index is 14.1. The number of halogens is 3. The minimum Gasteiger partial charge on any atom is -0.475 e. The molecule has 5 rings (SSSR count). The van der Waals surface area contributed by atoms with Gasteiger partial charge in [-0.25, -0.2) is 18.7 Å². The highest BCUT2D eigenvalue weighted by atomic mass is 35.5. The molecule has 2 aromatic carbocycles. The zero-order valence-electron chi connectivity index (χ0n) is 17.1. The molecule has 0 saturated heterocycles. The lowest BCUT2D eigenvalue weighted by Crippen LogP contribution is -2.20. The van der Waals surface area contributed by atoms with Gasteiger partial charge >= 0.3 is 11.7 Å². The summed E-state index contributed by atoms with van der Waals surface area (Å²) in [5.41, 5.74) is 0.894. The first kappa shape index (κ1) is 21.5. The topological polar surface area (TPSA) is 124 Å². The van der Waals surface area contributed by atoms with E-state index < -0.39 is 17.3 Å². The Hall–Kier alpha value is -4.32. The molecule has 13 heteroatoms. The van der Waals surface area contributed by atoms with E-state index in [-0.39, 0.29) is 36.4 Å². The number of fused-ring (bicyclic) bond motifs is 1. The first-order valence-electron chi connectivity index (χ1n) is 9.86. The molecule has 0 atom stereocenters. The molecule has 34 heavy (non-hydrogen) atoms. The molecule has 2 N–H and O–H groups in total. The number of rotatable bonds is 7. The van der Waals surface area contributed by atoms with Crippen molar-refractivity contribution in [2.75, 3.05) is 6.61 Å². The Morgan fingerprint density at radius 3 is 2.71 bits per heavy atom. The minimum absolute atomic E-state index is 0.0308. The van der Waals surface area contributed by atoms with E-state index in [4.69, 9.17) is 21.1 Å². The van der Waals surface area contributed by atoms with Gasteiger partial charge in [0.15, 0.2) is 17.2 Å². The third-order valence-electron chi connectivity index (χ3n) is 4.79. The molecular formula is C21H14ClF2N7O3. The van der Waals surface area contributed by atoms with Crippen molar-refractivity contribution in [1.29, 1.82) is 0 Å². The van der Waals surface area contributed by atoms with Crippen LogP contribution >= 0.6 is 11.6 Å². The van der Waals surface area contributed by atoms with Crippen molar-refractivity contribution in [2.45, 2.75) is 6.54 Å². The van der Waals surface area contributed by atoms with Gasteiger partial charge in [-0.05, 0) is 18.2 Å². The number of nitrogens with one attached hydrogen (secondary N) is 2. The third-order valence-corrected chi connectivity index (χ3v) is 5.12. The molecule has 0 saturated carbocycles. The average Bonchev–Trinajstić information content (AvgIpc) is 3.42. The molecule has 3 aromatic heterocycles. The van der Waals surface area contributed by atoms with E-state index in [1.165, 1.54) is 10.9 Å². The summed E-state index contributed by atoms with van der Waals surface area (Å²) in [4.78, 5) is 20.1. The molecule has 10 nitrogen and oxygen atoms in total. The second-order valence-corrected chi connectivity index (χ2v) is 7.38. The van der Waals surface area contributed by atoms with Crippen LogP contribution < -0.4 is 15.2 Å². The molecule has 0 aliphatic carbocycles. The van der Waals surface area contributed by atoms with Gasteiger partial charge in [-0.2, -0.15) is 20.2 Å². The highest BCUT2D eigenvalue weighted by Crippen LogP contribution is 2.36. The molecule has 3 heterocycles. The van der Waals surface area contributed by atoms with E-state index in [0.717, 1.165) is 12.1 Å². The Kier molecular flexibility index (Phi) is 5.64. The summed E-state index contributed by atoms with van der Waals surface area (Å²) >= 11 is 6.35. The van der Waals surface area contributed by atoms with E-state index >= 15 is 0 Å². The Bertz CT molecular complexity index is 1550. The molecule has 0 amide bonds. The second-order valence-electron chi connectivity index (χ2n) is 6.97. The zero-order valence-corrected chi connectivity index (χ0v) is 17.9. The van der Waals surface area contributed by atoms with Gasteiger partial charge in [0, 0.05) is 16.7 Å². The molecule has 0 radical (unpaired) electrons. The minimum atomic E-state index is -0.927. The smallest absolute Gasteiger partial charge is 0.343 e. The van der Waals surface area contributed by atoms with E-state index in [2.05, 4.69) is 30.4 Å². The highest BCUT2D eigenvalue weighted by Gasteiger charge is 2.21. The SMILES string of the molecule is O=c1[nH]ncn1CCOc1nc(Oc2ccc(F)cc2F)nc2n[nH]c(-c3ccccc3Cl)c12. The van der Waals surface area contributed by atoms with Crippen molar-refractivity contribution in [3.63, 3.8) is 0 Å². The zero-order chi connectivity index (χ0) is 23.7. The van der Waals surface area contributed by atoms with Gasteiger partial charge in [0.25, 0.3) is 0 Å². The fraction of sp³-hybridized carbons (Fsp3) is 0.0952. The van der Waals surface area contributed by atoms with Gasteiger partial charge < -0.3 is 9.47 Å². The lowest BCUT2D eigenvalue weighted by molar-refractivity contribution is 0.284.